The van der Waals surface area contributed by atoms with Crippen LogP contribution < -0.4 is 0 Å². The van der Waals surface area contributed by atoms with Gasteiger partial charge in [0.1, 0.15) is 0 Å². The lowest BCUT2D eigenvalue weighted by Crippen LogP contribution is -2.42. The second-order valence-corrected chi connectivity index (χ2v) is 8.47. The molecule has 5 nitrogen and oxygen atoms in total. The predicted molar refractivity (Wildman–Crippen MR) is 71.4 cm³/mol. The third kappa shape index (κ3) is 2.55. The second-order valence-electron chi connectivity index (χ2n) is 6.26. The van der Waals surface area contributed by atoms with Crippen LogP contribution in [0.5, 0.6) is 0 Å². The average molecular weight is 289 g/mol. The monoisotopic (exact) mass is 289 g/mol. The number of sulfonamides is 1. The summed E-state index contributed by atoms with van der Waals surface area (Å²) in [7, 11) is -3.16. The Morgan fingerprint density at radius 1 is 1.26 bits per heavy atom. The first-order chi connectivity index (χ1) is 9.02. The molecule has 3 rings (SSSR count). The number of ether oxygens (including phenoxy) is 2. The number of hydrogen-bond acceptors (Lipinski definition) is 4. The molecule has 0 saturated carbocycles. The summed E-state index contributed by atoms with van der Waals surface area (Å²) < 4.78 is 38.0. The Morgan fingerprint density at radius 3 is 2.79 bits per heavy atom. The molecule has 0 aromatic rings. The van der Waals surface area contributed by atoms with Crippen molar-refractivity contribution in [3.8, 4) is 0 Å². The molecule has 0 bridgehead atoms. The first kappa shape index (κ1) is 13.8. The summed E-state index contributed by atoms with van der Waals surface area (Å²) in [6.07, 6.45) is 3.27. The van der Waals surface area contributed by atoms with E-state index < -0.39 is 10.0 Å². The highest BCUT2D eigenvalue weighted by atomic mass is 32.2. The van der Waals surface area contributed by atoms with Crippen molar-refractivity contribution in [2.24, 2.45) is 5.41 Å². The zero-order valence-corrected chi connectivity index (χ0v) is 12.3. The summed E-state index contributed by atoms with van der Waals surface area (Å²) in [6, 6.07) is 0. The number of hydrogen-bond donors (Lipinski definition) is 0. The molecule has 0 amide bonds. The topological polar surface area (TPSA) is 55.8 Å². The lowest BCUT2D eigenvalue weighted by atomic mass is 9.87. The summed E-state index contributed by atoms with van der Waals surface area (Å²) in [6.45, 7) is 5.34. The maximum absolute atomic E-state index is 12.7. The van der Waals surface area contributed by atoms with Crippen LogP contribution in [0, 0.1) is 5.41 Å². The summed E-state index contributed by atoms with van der Waals surface area (Å²) in [5, 5.41) is -0.256. The molecular formula is C13H23NO4S. The third-order valence-corrected chi connectivity index (χ3v) is 7.11. The summed E-state index contributed by atoms with van der Waals surface area (Å²) in [5.74, 6) is 0. The lowest BCUT2D eigenvalue weighted by Gasteiger charge is -2.31. The van der Waals surface area contributed by atoms with Crippen molar-refractivity contribution in [1.29, 1.82) is 0 Å². The molecule has 3 atom stereocenters. The maximum Gasteiger partial charge on any atom is 0.217 e. The molecule has 3 heterocycles. The summed E-state index contributed by atoms with van der Waals surface area (Å²) in [4.78, 5) is 0. The van der Waals surface area contributed by atoms with Crippen LogP contribution in [0.25, 0.3) is 0 Å². The van der Waals surface area contributed by atoms with Crippen LogP contribution in [0.2, 0.25) is 0 Å². The Hall–Kier alpha value is -0.170. The van der Waals surface area contributed by atoms with Crippen LogP contribution >= 0.6 is 0 Å². The van der Waals surface area contributed by atoms with Crippen LogP contribution in [0.15, 0.2) is 0 Å². The van der Waals surface area contributed by atoms with Crippen molar-refractivity contribution in [3.63, 3.8) is 0 Å². The first-order valence-electron chi connectivity index (χ1n) is 7.20. The summed E-state index contributed by atoms with van der Waals surface area (Å²) in [5.41, 5.74) is 0.101. The van der Waals surface area contributed by atoms with E-state index in [0.29, 0.717) is 32.5 Å². The maximum atomic E-state index is 12.7. The molecule has 3 saturated heterocycles. The minimum absolute atomic E-state index is 0.0555. The molecule has 1 spiro atoms. The van der Waals surface area contributed by atoms with Gasteiger partial charge in [-0.15, -0.1) is 0 Å². The van der Waals surface area contributed by atoms with Gasteiger partial charge in [-0.05, 0) is 32.6 Å². The Bertz CT molecular complexity index is 430. The number of nitrogens with zero attached hydrogens (tertiary/aromatic N) is 1. The van der Waals surface area contributed by atoms with Gasteiger partial charge in [-0.1, -0.05) is 0 Å². The molecular weight excluding hydrogens is 266 g/mol. The molecule has 0 N–H and O–H groups in total. The van der Waals surface area contributed by atoms with Crippen molar-refractivity contribution < 1.29 is 17.9 Å². The molecule has 19 heavy (non-hydrogen) atoms. The fourth-order valence-electron chi connectivity index (χ4n) is 3.52. The van der Waals surface area contributed by atoms with Gasteiger partial charge in [-0.2, -0.15) is 0 Å². The fourth-order valence-corrected chi connectivity index (χ4v) is 5.65. The summed E-state index contributed by atoms with van der Waals surface area (Å²) >= 11 is 0. The van der Waals surface area contributed by atoms with Crippen molar-refractivity contribution in [2.45, 2.75) is 44.0 Å². The Balaban J connectivity index is 1.71. The molecule has 0 aromatic carbocycles. The fraction of sp³-hybridized carbons (Fsp3) is 1.00. The van der Waals surface area contributed by atoms with Crippen LogP contribution in [0.4, 0.5) is 0 Å². The minimum Gasteiger partial charge on any atom is -0.381 e. The van der Waals surface area contributed by atoms with Gasteiger partial charge in [0.25, 0.3) is 0 Å². The van der Waals surface area contributed by atoms with Gasteiger partial charge in [-0.25, -0.2) is 12.7 Å². The van der Waals surface area contributed by atoms with E-state index in [0.717, 1.165) is 26.1 Å². The quantitative estimate of drug-likeness (QED) is 0.761. The average Bonchev–Trinajstić information content (AvgIpc) is 3.01. The molecule has 3 aliphatic heterocycles. The van der Waals surface area contributed by atoms with Crippen molar-refractivity contribution in [1.82, 2.24) is 4.31 Å². The van der Waals surface area contributed by atoms with Gasteiger partial charge in [0.05, 0.1) is 18.0 Å². The van der Waals surface area contributed by atoms with Crippen LogP contribution in [-0.2, 0) is 19.5 Å². The molecule has 3 aliphatic rings. The molecule has 0 aliphatic carbocycles. The van der Waals surface area contributed by atoms with E-state index in [9.17, 15) is 8.42 Å². The zero-order chi connectivity index (χ0) is 13.5. The Labute approximate surface area is 115 Å². The Kier molecular flexibility index (Phi) is 3.62. The molecule has 0 radical (unpaired) electrons. The number of rotatable bonds is 2. The van der Waals surface area contributed by atoms with Crippen LogP contribution in [0.1, 0.15) is 32.6 Å². The van der Waals surface area contributed by atoms with Gasteiger partial charge in [0.2, 0.25) is 10.0 Å². The van der Waals surface area contributed by atoms with Gasteiger partial charge < -0.3 is 9.47 Å². The third-order valence-electron chi connectivity index (χ3n) is 4.81. The highest BCUT2D eigenvalue weighted by Gasteiger charge is 2.47. The van der Waals surface area contributed by atoms with E-state index in [1.54, 1.807) is 4.31 Å². The zero-order valence-electron chi connectivity index (χ0n) is 11.5. The van der Waals surface area contributed by atoms with E-state index in [1.165, 1.54) is 0 Å². The van der Waals surface area contributed by atoms with Gasteiger partial charge in [0.15, 0.2) is 0 Å². The van der Waals surface area contributed by atoms with Crippen LogP contribution in [-0.4, -0.2) is 57.0 Å². The van der Waals surface area contributed by atoms with Gasteiger partial charge in [0, 0.05) is 31.7 Å². The molecule has 3 unspecified atom stereocenters. The smallest absolute Gasteiger partial charge is 0.217 e. The Morgan fingerprint density at radius 2 is 2.11 bits per heavy atom. The molecule has 0 aromatic heterocycles. The van der Waals surface area contributed by atoms with Crippen molar-refractivity contribution >= 4 is 10.0 Å². The van der Waals surface area contributed by atoms with E-state index in [-0.39, 0.29) is 16.8 Å². The molecule has 3 fully saturated rings. The largest absolute Gasteiger partial charge is 0.381 e. The van der Waals surface area contributed by atoms with Gasteiger partial charge >= 0.3 is 0 Å². The van der Waals surface area contributed by atoms with Crippen molar-refractivity contribution in [3.05, 3.63) is 0 Å². The van der Waals surface area contributed by atoms with E-state index in [4.69, 9.17) is 9.47 Å². The predicted octanol–water partition coefficient (Wildman–Crippen LogP) is 0.996. The van der Waals surface area contributed by atoms with Crippen LogP contribution in [0.3, 0.4) is 0 Å². The van der Waals surface area contributed by atoms with E-state index in [2.05, 4.69) is 0 Å². The first-order valence-corrected chi connectivity index (χ1v) is 8.71. The molecule has 6 heteroatoms. The normalized spacial score (nSPS) is 41.1. The van der Waals surface area contributed by atoms with Gasteiger partial charge in [-0.3, -0.25) is 0 Å². The highest BCUT2D eigenvalue weighted by molar-refractivity contribution is 7.89. The molecule has 110 valence electrons. The van der Waals surface area contributed by atoms with E-state index >= 15 is 0 Å². The second kappa shape index (κ2) is 4.98. The minimum atomic E-state index is -3.16. The van der Waals surface area contributed by atoms with Crippen molar-refractivity contribution in [2.75, 3.05) is 32.9 Å². The highest BCUT2D eigenvalue weighted by Crippen LogP contribution is 2.40. The van der Waals surface area contributed by atoms with E-state index in [1.807, 2.05) is 6.92 Å². The standard InChI is InChI=1S/C13H23NO4S/c1-11-8-12(2-6-18-11)19(15,16)14-5-3-13(9-14)4-7-17-10-13/h11-12H,2-10H2,1H3. The lowest BCUT2D eigenvalue weighted by molar-refractivity contribution is 0.0293. The SMILES string of the molecule is CC1CC(S(=O)(=O)N2CCC3(CCOC3)C2)CCO1.